The molecule has 0 fully saturated rings. The van der Waals surface area contributed by atoms with Crippen LogP contribution in [-0.2, 0) is 6.54 Å². The first kappa shape index (κ1) is 10.6. The van der Waals surface area contributed by atoms with Crippen molar-refractivity contribution in [2.24, 2.45) is 0 Å². The zero-order chi connectivity index (χ0) is 11.5. The highest BCUT2D eigenvalue weighted by molar-refractivity contribution is 5.75. The molecule has 3 heteroatoms. The van der Waals surface area contributed by atoms with Gasteiger partial charge in [0.2, 0.25) is 0 Å². The first-order valence-electron chi connectivity index (χ1n) is 5.24. The number of benzene rings is 1. The van der Waals surface area contributed by atoms with Crippen LogP contribution in [0.3, 0.4) is 0 Å². The largest absolute Gasteiger partial charge is 0.298 e. The molecule has 0 aliphatic heterocycles. The van der Waals surface area contributed by atoms with Gasteiger partial charge in [0.05, 0.1) is 18.3 Å². The van der Waals surface area contributed by atoms with Crippen molar-refractivity contribution in [3.63, 3.8) is 0 Å². The van der Waals surface area contributed by atoms with E-state index >= 15 is 0 Å². The molecule has 1 aromatic carbocycles. The number of hydrogen-bond donors (Lipinski definition) is 0. The van der Waals surface area contributed by atoms with E-state index in [0.29, 0.717) is 12.1 Å². The van der Waals surface area contributed by atoms with E-state index < -0.39 is 0 Å². The molecule has 0 atom stereocenters. The van der Waals surface area contributed by atoms with Crippen LogP contribution in [0.15, 0.2) is 30.5 Å². The molecular weight excluding hydrogens is 200 g/mol. The number of nitrogens with zero attached hydrogens (tertiary/aromatic N) is 2. The second-order valence-corrected chi connectivity index (χ2v) is 3.95. The van der Waals surface area contributed by atoms with Crippen LogP contribution in [0.2, 0.25) is 0 Å². The first-order chi connectivity index (χ1) is 7.70. The SMILES string of the molecule is Cc1ccc(Cn2ncc(C=O)c2C)cc1. The Kier molecular flexibility index (Phi) is 2.86. The summed E-state index contributed by atoms with van der Waals surface area (Å²) in [5.41, 5.74) is 4.01. The predicted molar refractivity (Wildman–Crippen MR) is 62.6 cm³/mol. The van der Waals surface area contributed by atoms with Crippen molar-refractivity contribution in [1.82, 2.24) is 9.78 Å². The van der Waals surface area contributed by atoms with Crippen LogP contribution < -0.4 is 0 Å². The molecule has 0 radical (unpaired) electrons. The predicted octanol–water partition coefficient (Wildman–Crippen LogP) is 2.36. The van der Waals surface area contributed by atoms with Gasteiger partial charge in [-0.25, -0.2) is 0 Å². The Hall–Kier alpha value is -1.90. The summed E-state index contributed by atoms with van der Waals surface area (Å²) in [5.74, 6) is 0. The first-order valence-corrected chi connectivity index (χ1v) is 5.24. The van der Waals surface area contributed by atoms with E-state index in [4.69, 9.17) is 0 Å². The van der Waals surface area contributed by atoms with Crippen LogP contribution in [-0.4, -0.2) is 16.1 Å². The summed E-state index contributed by atoms with van der Waals surface area (Å²) in [6.07, 6.45) is 2.45. The monoisotopic (exact) mass is 214 g/mol. The van der Waals surface area contributed by atoms with Gasteiger partial charge in [0, 0.05) is 5.69 Å². The maximum Gasteiger partial charge on any atom is 0.153 e. The van der Waals surface area contributed by atoms with Crippen molar-refractivity contribution in [3.05, 3.63) is 52.8 Å². The molecule has 16 heavy (non-hydrogen) atoms. The van der Waals surface area contributed by atoms with Gasteiger partial charge in [0.25, 0.3) is 0 Å². The van der Waals surface area contributed by atoms with E-state index in [2.05, 4.69) is 36.3 Å². The van der Waals surface area contributed by atoms with E-state index in [1.165, 1.54) is 11.1 Å². The minimum Gasteiger partial charge on any atom is -0.298 e. The van der Waals surface area contributed by atoms with Crippen molar-refractivity contribution in [3.8, 4) is 0 Å². The van der Waals surface area contributed by atoms with Crippen molar-refractivity contribution < 1.29 is 4.79 Å². The Balaban J connectivity index is 2.23. The highest BCUT2D eigenvalue weighted by Crippen LogP contribution is 2.09. The van der Waals surface area contributed by atoms with Crippen LogP contribution in [0.1, 0.15) is 27.2 Å². The molecule has 0 spiro atoms. The summed E-state index contributed by atoms with van der Waals surface area (Å²) >= 11 is 0. The molecule has 0 saturated heterocycles. The van der Waals surface area contributed by atoms with E-state index in [1.807, 2.05) is 11.6 Å². The molecule has 0 N–H and O–H groups in total. The Morgan fingerprint density at radius 2 is 1.94 bits per heavy atom. The molecule has 82 valence electrons. The summed E-state index contributed by atoms with van der Waals surface area (Å²) in [6.45, 7) is 4.68. The normalized spacial score (nSPS) is 10.4. The number of aldehydes is 1. The van der Waals surface area contributed by atoms with Crippen molar-refractivity contribution in [1.29, 1.82) is 0 Å². The van der Waals surface area contributed by atoms with Crippen molar-refractivity contribution in [2.45, 2.75) is 20.4 Å². The lowest BCUT2D eigenvalue weighted by Gasteiger charge is -2.05. The maximum absolute atomic E-state index is 10.7. The van der Waals surface area contributed by atoms with Crippen LogP contribution in [0.5, 0.6) is 0 Å². The Morgan fingerprint density at radius 3 is 2.50 bits per heavy atom. The van der Waals surface area contributed by atoms with E-state index in [-0.39, 0.29) is 0 Å². The number of aromatic nitrogens is 2. The number of rotatable bonds is 3. The lowest BCUT2D eigenvalue weighted by atomic mass is 10.1. The molecule has 0 unspecified atom stereocenters. The second-order valence-electron chi connectivity index (χ2n) is 3.95. The smallest absolute Gasteiger partial charge is 0.153 e. The topological polar surface area (TPSA) is 34.9 Å². The molecule has 0 aliphatic carbocycles. The molecule has 0 amide bonds. The van der Waals surface area contributed by atoms with E-state index in [1.54, 1.807) is 6.20 Å². The lowest BCUT2D eigenvalue weighted by Crippen LogP contribution is -2.04. The molecule has 1 aromatic heterocycles. The molecule has 1 heterocycles. The summed E-state index contributed by atoms with van der Waals surface area (Å²) < 4.78 is 1.84. The number of carbonyl (C=O) groups excluding carboxylic acids is 1. The molecule has 2 rings (SSSR count). The fourth-order valence-corrected chi connectivity index (χ4v) is 1.60. The third-order valence-corrected chi connectivity index (χ3v) is 2.72. The molecule has 0 bridgehead atoms. The van der Waals surface area contributed by atoms with Crippen molar-refractivity contribution >= 4 is 6.29 Å². The Morgan fingerprint density at radius 1 is 1.25 bits per heavy atom. The molecule has 0 aliphatic rings. The molecular formula is C13H14N2O. The van der Waals surface area contributed by atoms with E-state index in [9.17, 15) is 4.79 Å². The quantitative estimate of drug-likeness (QED) is 0.735. The van der Waals surface area contributed by atoms with Gasteiger partial charge in [-0.1, -0.05) is 29.8 Å². The van der Waals surface area contributed by atoms with Gasteiger partial charge in [-0.2, -0.15) is 5.10 Å². The second kappa shape index (κ2) is 4.31. The average Bonchev–Trinajstić information content (AvgIpc) is 2.63. The standard InChI is InChI=1S/C13H14N2O/c1-10-3-5-12(6-4-10)8-15-11(2)13(9-16)7-14-15/h3-7,9H,8H2,1-2H3. The number of aryl methyl sites for hydroxylation is 1. The third-order valence-electron chi connectivity index (χ3n) is 2.72. The Labute approximate surface area is 94.7 Å². The number of carbonyl (C=O) groups is 1. The molecule has 0 saturated carbocycles. The lowest BCUT2D eigenvalue weighted by molar-refractivity contribution is 0.112. The van der Waals surface area contributed by atoms with Gasteiger partial charge in [0.15, 0.2) is 6.29 Å². The van der Waals surface area contributed by atoms with Gasteiger partial charge in [-0.3, -0.25) is 9.48 Å². The minimum absolute atomic E-state index is 0.659. The van der Waals surface area contributed by atoms with Gasteiger partial charge >= 0.3 is 0 Å². The summed E-state index contributed by atoms with van der Waals surface area (Å²) in [5, 5.41) is 4.19. The van der Waals surface area contributed by atoms with E-state index in [0.717, 1.165) is 12.0 Å². The number of hydrogen-bond acceptors (Lipinski definition) is 2. The fourth-order valence-electron chi connectivity index (χ4n) is 1.60. The minimum atomic E-state index is 0.659. The molecule has 2 aromatic rings. The van der Waals surface area contributed by atoms with Gasteiger partial charge in [-0.15, -0.1) is 0 Å². The maximum atomic E-state index is 10.7. The third kappa shape index (κ3) is 2.03. The van der Waals surface area contributed by atoms with Crippen LogP contribution >= 0.6 is 0 Å². The van der Waals surface area contributed by atoms with Gasteiger partial charge in [-0.05, 0) is 19.4 Å². The Bertz CT molecular complexity index is 497. The fraction of sp³-hybridized carbons (Fsp3) is 0.231. The van der Waals surface area contributed by atoms with Crippen LogP contribution in [0, 0.1) is 13.8 Å². The zero-order valence-electron chi connectivity index (χ0n) is 9.47. The summed E-state index contributed by atoms with van der Waals surface area (Å²) in [6, 6.07) is 8.32. The van der Waals surface area contributed by atoms with Crippen molar-refractivity contribution in [2.75, 3.05) is 0 Å². The highest BCUT2D eigenvalue weighted by Gasteiger charge is 2.05. The van der Waals surface area contributed by atoms with Crippen LogP contribution in [0.4, 0.5) is 0 Å². The average molecular weight is 214 g/mol. The highest BCUT2D eigenvalue weighted by atomic mass is 16.1. The summed E-state index contributed by atoms with van der Waals surface area (Å²) in [7, 11) is 0. The zero-order valence-corrected chi connectivity index (χ0v) is 9.47. The molecule has 3 nitrogen and oxygen atoms in total. The van der Waals surface area contributed by atoms with Crippen LogP contribution in [0.25, 0.3) is 0 Å². The van der Waals surface area contributed by atoms with Gasteiger partial charge in [0.1, 0.15) is 0 Å². The summed E-state index contributed by atoms with van der Waals surface area (Å²) in [4.78, 5) is 10.7. The van der Waals surface area contributed by atoms with Gasteiger partial charge < -0.3 is 0 Å².